The van der Waals surface area contributed by atoms with E-state index < -0.39 is 10.8 Å². The van der Waals surface area contributed by atoms with Crippen molar-refractivity contribution < 1.29 is 24.2 Å². The van der Waals surface area contributed by atoms with E-state index in [1.807, 2.05) is 31.2 Å². The van der Waals surface area contributed by atoms with E-state index in [1.54, 1.807) is 6.92 Å². The number of benzene rings is 4. The minimum absolute atomic E-state index is 0.0587. The predicted molar refractivity (Wildman–Crippen MR) is 221 cm³/mol. The van der Waals surface area contributed by atoms with Crippen LogP contribution in [0.5, 0.6) is 0 Å². The molecule has 12 nitrogen and oxygen atoms in total. The molecule has 6 aromatic rings. The molecule has 2 amide bonds. The number of fused-ring (bicyclic) bond motifs is 4. The molecule has 0 radical (unpaired) electrons. The Morgan fingerprint density at radius 2 is 1.10 bits per heavy atom. The lowest BCUT2D eigenvalue weighted by atomic mass is 9.69. The highest BCUT2D eigenvalue weighted by Crippen LogP contribution is 2.50. The number of amides is 2. The molecule has 12 heteroatoms. The average Bonchev–Trinajstić information content (AvgIpc) is 3.98. The molecule has 5 N–H and O–H groups in total. The number of aromatic amines is 1. The van der Waals surface area contributed by atoms with Gasteiger partial charge >= 0.3 is 0 Å². The number of rotatable bonds is 4. The Labute approximate surface area is 336 Å². The second-order valence-corrected chi connectivity index (χ2v) is 16.5. The van der Waals surface area contributed by atoms with Crippen LogP contribution in [0, 0.1) is 27.7 Å². The van der Waals surface area contributed by atoms with Gasteiger partial charge in [-0.2, -0.15) is 5.10 Å². The Balaban J connectivity index is 0.000000150. The first kappa shape index (κ1) is 37.6. The van der Waals surface area contributed by atoms with E-state index in [4.69, 9.17) is 4.42 Å². The number of anilines is 2. The minimum Gasteiger partial charge on any atom is -0.421 e. The summed E-state index contributed by atoms with van der Waals surface area (Å²) in [5, 5.41) is 41.2. The molecule has 2 fully saturated rings. The highest BCUT2D eigenvalue weighted by molar-refractivity contribution is 6.08. The number of hydrogen-bond donors (Lipinski definition) is 5. The fraction of sp³-hybridized carbons (Fsp3) is 0.348. The van der Waals surface area contributed by atoms with Gasteiger partial charge in [0.15, 0.2) is 5.82 Å². The second-order valence-electron chi connectivity index (χ2n) is 16.5. The summed E-state index contributed by atoms with van der Waals surface area (Å²) >= 11 is 0. The van der Waals surface area contributed by atoms with Gasteiger partial charge in [0.25, 0.3) is 0 Å². The van der Waals surface area contributed by atoms with Gasteiger partial charge in [-0.25, -0.2) is 4.98 Å². The third-order valence-corrected chi connectivity index (χ3v) is 12.8. The zero-order chi connectivity index (χ0) is 40.3. The normalized spacial score (nSPS) is 23.3. The van der Waals surface area contributed by atoms with Crippen LogP contribution in [0.4, 0.5) is 11.4 Å². The third-order valence-electron chi connectivity index (χ3n) is 12.8. The van der Waals surface area contributed by atoms with Crippen molar-refractivity contribution in [3.8, 4) is 45.1 Å². The molecule has 2 spiro atoms. The zero-order valence-electron chi connectivity index (χ0n) is 33.1. The first-order valence-corrected chi connectivity index (χ1v) is 20.1. The number of nitrogens with zero attached hydrogens (tertiary/aromatic N) is 4. The molecule has 4 aliphatic rings. The lowest BCUT2D eigenvalue weighted by Crippen LogP contribution is -2.39. The van der Waals surface area contributed by atoms with Crippen LogP contribution in [0.25, 0.3) is 45.1 Å². The van der Waals surface area contributed by atoms with Crippen molar-refractivity contribution in [2.24, 2.45) is 0 Å². The standard InChI is InChI=1S/C23H24N4O2.C23H23N3O3/c1-13-3-4-16(21-24-14(2)26-27-21)11-18(13)15-5-6-19-20(12-15)25-22(29)23(19)9-7-17(28)8-10-23;1-13-3-4-16(21-26-25-14(2)29-21)11-18(13)15-5-6-19-20(12-15)24-22(28)23(19)9-7-17(27)8-10-23/h3-6,11-12,17,28H,7-10H2,1-2H3,(H,25,29)(H,24,26,27);3-6,11-12,17,27H,7-10H2,1-2H3,(H,24,28). The number of aliphatic hydroxyl groups excluding tert-OH is 2. The van der Waals surface area contributed by atoms with Gasteiger partial charge in [0.05, 0.1) is 23.0 Å². The maximum atomic E-state index is 12.9. The maximum absolute atomic E-state index is 12.9. The quantitative estimate of drug-likeness (QED) is 0.119. The molecule has 296 valence electrons. The Bertz CT molecular complexity index is 2400. The van der Waals surface area contributed by atoms with Crippen molar-refractivity contribution in [2.75, 3.05) is 10.6 Å². The Hall–Kier alpha value is -5.98. The van der Waals surface area contributed by atoms with Crippen molar-refractivity contribution in [3.63, 3.8) is 0 Å². The first-order chi connectivity index (χ1) is 27.9. The van der Waals surface area contributed by atoms with Crippen LogP contribution in [-0.2, 0) is 20.4 Å². The van der Waals surface area contributed by atoms with Crippen LogP contribution < -0.4 is 10.6 Å². The molecule has 2 aliphatic carbocycles. The van der Waals surface area contributed by atoms with Crippen molar-refractivity contribution >= 4 is 23.2 Å². The summed E-state index contributed by atoms with van der Waals surface area (Å²) in [6, 6.07) is 24.7. The number of aryl methyl sites for hydroxylation is 4. The van der Waals surface area contributed by atoms with Crippen LogP contribution >= 0.6 is 0 Å². The molecule has 4 heterocycles. The molecule has 0 unspecified atom stereocenters. The SMILES string of the molecule is Cc1nc(-c2ccc(C)c(-c3ccc4c(c3)NC(=O)C43CCC(O)CC3)c2)n[nH]1.Cc1nnc(-c2ccc(C)c(-c3ccc4c(c3)NC(=O)C43CCC(O)CC3)c2)o1. The van der Waals surface area contributed by atoms with Gasteiger partial charge in [-0.3, -0.25) is 14.7 Å². The monoisotopic (exact) mass is 777 g/mol. The Morgan fingerprint density at radius 1 is 0.621 bits per heavy atom. The molecule has 58 heavy (non-hydrogen) atoms. The van der Waals surface area contributed by atoms with Gasteiger partial charge in [-0.15, -0.1) is 10.2 Å². The highest BCUT2D eigenvalue weighted by Gasteiger charge is 2.49. The Kier molecular flexibility index (Phi) is 9.36. The summed E-state index contributed by atoms with van der Waals surface area (Å²) in [6.45, 7) is 7.80. The van der Waals surface area contributed by atoms with Crippen molar-refractivity contribution in [2.45, 2.75) is 102 Å². The van der Waals surface area contributed by atoms with Gasteiger partial charge in [0, 0.05) is 29.4 Å². The molecule has 4 aromatic carbocycles. The molecular weight excluding hydrogens is 731 g/mol. The third kappa shape index (κ3) is 6.50. The van der Waals surface area contributed by atoms with E-state index in [0.29, 0.717) is 69.0 Å². The van der Waals surface area contributed by atoms with Crippen LogP contribution in [0.15, 0.2) is 77.2 Å². The van der Waals surface area contributed by atoms with Crippen LogP contribution in [0.1, 0.15) is 85.3 Å². The van der Waals surface area contributed by atoms with Crippen LogP contribution in [0.3, 0.4) is 0 Å². The van der Waals surface area contributed by atoms with E-state index in [2.05, 4.69) is 98.4 Å². The van der Waals surface area contributed by atoms with E-state index >= 15 is 0 Å². The molecule has 2 saturated carbocycles. The van der Waals surface area contributed by atoms with Crippen molar-refractivity contribution in [1.29, 1.82) is 0 Å². The van der Waals surface area contributed by atoms with Gasteiger partial charge in [-0.1, -0.05) is 42.5 Å². The maximum Gasteiger partial charge on any atom is 0.247 e. The zero-order valence-corrected chi connectivity index (χ0v) is 33.1. The largest absolute Gasteiger partial charge is 0.421 e. The van der Waals surface area contributed by atoms with E-state index in [9.17, 15) is 19.8 Å². The van der Waals surface area contributed by atoms with Gasteiger partial charge in [0.2, 0.25) is 23.6 Å². The highest BCUT2D eigenvalue weighted by atomic mass is 16.4. The lowest BCUT2D eigenvalue weighted by molar-refractivity contribution is -0.123. The van der Waals surface area contributed by atoms with Gasteiger partial charge in [0.1, 0.15) is 5.82 Å². The Morgan fingerprint density at radius 3 is 1.57 bits per heavy atom. The van der Waals surface area contributed by atoms with Gasteiger partial charge in [-0.05, 0) is 147 Å². The molecular formula is C46H47N7O5. The van der Waals surface area contributed by atoms with E-state index in [-0.39, 0.29) is 24.0 Å². The molecule has 0 atom stereocenters. The summed E-state index contributed by atoms with van der Waals surface area (Å²) in [7, 11) is 0. The lowest BCUT2D eigenvalue weighted by Gasteiger charge is -2.33. The topological polar surface area (TPSA) is 179 Å². The van der Waals surface area contributed by atoms with E-state index in [1.165, 1.54) is 0 Å². The van der Waals surface area contributed by atoms with E-state index in [0.717, 1.165) is 72.8 Å². The summed E-state index contributed by atoms with van der Waals surface area (Å²) in [6.07, 6.45) is 4.87. The number of aromatic nitrogens is 5. The summed E-state index contributed by atoms with van der Waals surface area (Å²) in [5.74, 6) is 2.62. The van der Waals surface area contributed by atoms with Gasteiger partial charge < -0.3 is 25.3 Å². The smallest absolute Gasteiger partial charge is 0.247 e. The van der Waals surface area contributed by atoms with Crippen LogP contribution in [0.2, 0.25) is 0 Å². The average molecular weight is 778 g/mol. The molecule has 10 rings (SSSR count). The van der Waals surface area contributed by atoms with Crippen molar-refractivity contribution in [1.82, 2.24) is 25.4 Å². The molecule has 0 saturated heterocycles. The second kappa shape index (κ2) is 14.4. The van der Waals surface area contributed by atoms with Crippen LogP contribution in [-0.4, -0.2) is 59.6 Å². The minimum atomic E-state index is -0.495. The predicted octanol–water partition coefficient (Wildman–Crippen LogP) is 8.03. The molecule has 2 aromatic heterocycles. The van der Waals surface area contributed by atoms with Crippen molar-refractivity contribution in [3.05, 3.63) is 107 Å². The number of carbonyl (C=O) groups excluding carboxylic acids is 2. The number of carbonyl (C=O) groups is 2. The summed E-state index contributed by atoms with van der Waals surface area (Å²) in [4.78, 5) is 30.1. The molecule has 2 aliphatic heterocycles. The molecule has 0 bridgehead atoms. The number of nitrogens with one attached hydrogen (secondary N) is 3. The fourth-order valence-electron chi connectivity index (χ4n) is 9.40. The first-order valence-electron chi connectivity index (χ1n) is 20.1. The fourth-order valence-corrected chi connectivity index (χ4v) is 9.40. The summed E-state index contributed by atoms with van der Waals surface area (Å²) < 4.78 is 5.57. The summed E-state index contributed by atoms with van der Waals surface area (Å²) in [5.41, 5.74) is 11.3. The number of hydrogen-bond acceptors (Lipinski definition) is 9. The number of aliphatic hydroxyl groups is 2. The number of H-pyrrole nitrogens is 1.